The average Bonchev–Trinajstić information content (AvgIpc) is 3.73. The summed E-state index contributed by atoms with van der Waals surface area (Å²) in [6, 6.07) is 16.7. The second-order valence-electron chi connectivity index (χ2n) is 10.8. The number of fused-ring (bicyclic) bond motifs is 2. The van der Waals surface area contributed by atoms with Gasteiger partial charge in [0.05, 0.1) is 41.4 Å². The SMILES string of the molecule is O=C(OC(=O)C(F)(F)F)c1ccc(-c2c([C@@H]3C[C@@H]3c3ccc4ccccc4n3)nc3c(N4CCOCC4)cc(Cl)nn23)cc1F. The molecule has 2 aliphatic rings. The number of hydrogen-bond donors (Lipinski definition) is 0. The first-order valence-electron chi connectivity index (χ1n) is 14.0. The molecule has 2 aromatic carbocycles. The van der Waals surface area contributed by atoms with Crippen molar-refractivity contribution in [2.45, 2.75) is 24.4 Å². The van der Waals surface area contributed by atoms with Crippen LogP contribution in [0, 0.1) is 5.82 Å². The van der Waals surface area contributed by atoms with Crippen molar-refractivity contribution in [3.63, 3.8) is 0 Å². The molecule has 1 saturated heterocycles. The average molecular weight is 640 g/mol. The maximum Gasteiger partial charge on any atom is 0.491 e. The van der Waals surface area contributed by atoms with Gasteiger partial charge in [-0.3, -0.25) is 4.98 Å². The molecule has 1 aliphatic carbocycles. The molecule has 1 aliphatic heterocycles. The monoisotopic (exact) mass is 639 g/mol. The lowest BCUT2D eigenvalue weighted by Gasteiger charge is -2.28. The molecule has 2 fully saturated rings. The number of morpholine rings is 1. The van der Waals surface area contributed by atoms with Gasteiger partial charge in [0.15, 0.2) is 10.8 Å². The van der Waals surface area contributed by atoms with Crippen LogP contribution in [0.1, 0.15) is 40.0 Å². The zero-order valence-electron chi connectivity index (χ0n) is 23.2. The van der Waals surface area contributed by atoms with Crippen molar-refractivity contribution >= 4 is 45.8 Å². The van der Waals surface area contributed by atoms with Crippen molar-refractivity contribution < 1.29 is 36.6 Å². The third-order valence-corrected chi connectivity index (χ3v) is 8.12. The maximum absolute atomic E-state index is 15.3. The normalized spacial score (nSPS) is 18.4. The lowest BCUT2D eigenvalue weighted by atomic mass is 10.0. The number of carbonyl (C=O) groups is 2. The number of carbonyl (C=O) groups excluding carboxylic acids is 2. The first-order chi connectivity index (χ1) is 21.6. The summed E-state index contributed by atoms with van der Waals surface area (Å²) in [5.41, 5.74) is 3.32. The van der Waals surface area contributed by atoms with Crippen LogP contribution < -0.4 is 4.90 Å². The lowest BCUT2D eigenvalue weighted by Crippen LogP contribution is -2.36. The Balaban J connectivity index is 1.32. The zero-order chi connectivity index (χ0) is 31.5. The van der Waals surface area contributed by atoms with Crippen LogP contribution in [-0.2, 0) is 14.3 Å². The fourth-order valence-corrected chi connectivity index (χ4v) is 5.88. The van der Waals surface area contributed by atoms with Gasteiger partial charge < -0.3 is 14.4 Å². The molecule has 0 N–H and O–H groups in total. The quantitative estimate of drug-likeness (QED) is 0.129. The Kier molecular flexibility index (Phi) is 7.16. The van der Waals surface area contributed by atoms with E-state index in [0.717, 1.165) is 28.7 Å². The summed E-state index contributed by atoms with van der Waals surface area (Å²) in [4.78, 5) is 35.3. The topological polar surface area (TPSA) is 98.9 Å². The molecule has 5 aromatic rings. The third-order valence-electron chi connectivity index (χ3n) is 7.93. The number of alkyl halides is 3. The summed E-state index contributed by atoms with van der Waals surface area (Å²) < 4.78 is 64.0. The maximum atomic E-state index is 15.3. The first kappa shape index (κ1) is 29.1. The van der Waals surface area contributed by atoms with E-state index in [1.54, 1.807) is 6.07 Å². The molecule has 0 amide bonds. The molecule has 3 aromatic heterocycles. The fourth-order valence-electron chi connectivity index (χ4n) is 5.70. The van der Waals surface area contributed by atoms with Gasteiger partial charge in [0, 0.05) is 47.6 Å². The summed E-state index contributed by atoms with van der Waals surface area (Å²) >= 11 is 6.48. The minimum Gasteiger partial charge on any atom is -0.383 e. The third kappa shape index (κ3) is 5.46. The van der Waals surface area contributed by atoms with Crippen LogP contribution in [0.2, 0.25) is 5.15 Å². The van der Waals surface area contributed by atoms with Crippen LogP contribution in [0.3, 0.4) is 0 Å². The number of para-hydroxylation sites is 1. The van der Waals surface area contributed by atoms with Crippen LogP contribution >= 0.6 is 11.6 Å². The molecule has 0 radical (unpaired) electrons. The Bertz CT molecular complexity index is 1990. The number of pyridine rings is 1. The number of anilines is 1. The predicted octanol–water partition coefficient (Wildman–Crippen LogP) is 6.09. The number of hydrogen-bond acceptors (Lipinski definition) is 8. The Labute approximate surface area is 257 Å². The van der Waals surface area contributed by atoms with E-state index in [1.165, 1.54) is 10.6 Å². The molecule has 14 heteroatoms. The minimum absolute atomic E-state index is 0.00746. The van der Waals surface area contributed by atoms with E-state index in [2.05, 4.69) is 14.7 Å². The molecule has 0 bridgehead atoms. The van der Waals surface area contributed by atoms with Crippen molar-refractivity contribution in [2.75, 3.05) is 31.2 Å². The van der Waals surface area contributed by atoms with Gasteiger partial charge in [0.2, 0.25) is 0 Å². The Hall–Kier alpha value is -4.62. The van der Waals surface area contributed by atoms with Gasteiger partial charge in [-0.2, -0.15) is 18.3 Å². The molecule has 230 valence electrons. The fraction of sp³-hybridized carbons (Fsp3) is 0.258. The molecular weight excluding hydrogens is 618 g/mol. The molecule has 0 unspecified atom stereocenters. The largest absolute Gasteiger partial charge is 0.491 e. The molecular formula is C31H22ClF4N5O4. The van der Waals surface area contributed by atoms with Crippen molar-refractivity contribution in [3.8, 4) is 11.3 Å². The van der Waals surface area contributed by atoms with Crippen LogP contribution in [-0.4, -0.2) is 64.0 Å². The van der Waals surface area contributed by atoms with Gasteiger partial charge in [-0.1, -0.05) is 41.9 Å². The van der Waals surface area contributed by atoms with Gasteiger partial charge in [0.25, 0.3) is 0 Å². The van der Waals surface area contributed by atoms with Crippen molar-refractivity contribution in [3.05, 3.63) is 88.6 Å². The number of rotatable bonds is 5. The Morgan fingerprint density at radius 2 is 1.76 bits per heavy atom. The van der Waals surface area contributed by atoms with Gasteiger partial charge >= 0.3 is 18.1 Å². The highest BCUT2D eigenvalue weighted by Crippen LogP contribution is 2.56. The number of nitrogens with zero attached hydrogens (tertiary/aromatic N) is 5. The number of ether oxygens (including phenoxy) is 2. The lowest BCUT2D eigenvalue weighted by molar-refractivity contribution is -0.193. The molecule has 7 rings (SSSR count). The van der Waals surface area contributed by atoms with Gasteiger partial charge in [0.1, 0.15) is 5.82 Å². The van der Waals surface area contributed by atoms with Gasteiger partial charge in [-0.15, -0.1) is 0 Å². The highest BCUT2D eigenvalue weighted by atomic mass is 35.5. The second-order valence-corrected chi connectivity index (χ2v) is 11.2. The van der Waals surface area contributed by atoms with E-state index in [1.807, 2.05) is 36.4 Å². The summed E-state index contributed by atoms with van der Waals surface area (Å²) in [5.74, 6) is -5.80. The van der Waals surface area contributed by atoms with Gasteiger partial charge in [-0.25, -0.2) is 23.5 Å². The zero-order valence-corrected chi connectivity index (χ0v) is 24.0. The van der Waals surface area contributed by atoms with E-state index in [4.69, 9.17) is 26.3 Å². The summed E-state index contributed by atoms with van der Waals surface area (Å²) in [5, 5.41) is 5.66. The predicted molar refractivity (Wildman–Crippen MR) is 155 cm³/mol. The summed E-state index contributed by atoms with van der Waals surface area (Å²) in [6.07, 6.45) is -4.71. The van der Waals surface area contributed by atoms with E-state index in [-0.39, 0.29) is 22.6 Å². The summed E-state index contributed by atoms with van der Waals surface area (Å²) in [6.45, 7) is 2.18. The molecule has 0 spiro atoms. The molecule has 9 nitrogen and oxygen atoms in total. The number of benzene rings is 2. The van der Waals surface area contributed by atoms with Crippen LogP contribution in [0.25, 0.3) is 27.8 Å². The molecule has 4 heterocycles. The Morgan fingerprint density at radius 3 is 2.51 bits per heavy atom. The summed E-state index contributed by atoms with van der Waals surface area (Å²) in [7, 11) is 0. The number of esters is 2. The minimum atomic E-state index is -5.42. The van der Waals surface area contributed by atoms with Crippen molar-refractivity contribution in [2.24, 2.45) is 0 Å². The van der Waals surface area contributed by atoms with Crippen LogP contribution in [0.5, 0.6) is 0 Å². The smallest absolute Gasteiger partial charge is 0.383 e. The van der Waals surface area contributed by atoms with Crippen LogP contribution in [0.15, 0.2) is 60.7 Å². The first-order valence-corrected chi connectivity index (χ1v) is 14.4. The number of halogens is 5. The van der Waals surface area contributed by atoms with E-state index < -0.39 is 29.5 Å². The highest BCUT2D eigenvalue weighted by molar-refractivity contribution is 6.29. The highest BCUT2D eigenvalue weighted by Gasteiger charge is 2.45. The van der Waals surface area contributed by atoms with Gasteiger partial charge in [-0.05, 0) is 30.7 Å². The number of aromatic nitrogens is 4. The molecule has 45 heavy (non-hydrogen) atoms. The van der Waals surface area contributed by atoms with E-state index in [9.17, 15) is 22.8 Å². The Morgan fingerprint density at radius 1 is 0.978 bits per heavy atom. The molecule has 1 saturated carbocycles. The second kappa shape index (κ2) is 11.1. The number of imidazole rings is 1. The van der Waals surface area contributed by atoms with E-state index in [0.29, 0.717) is 55.4 Å². The standard InChI is InChI=1S/C31H22ClF4N5O4/c32-25-15-24(40-9-11-44-12-10-40)28-38-26(20-14-19(20)23-8-6-16-3-1-2-4-22(16)37-23)27(41(28)39-25)17-5-7-18(21(33)13-17)29(42)45-30(43)31(34,35)36/h1-8,13,15,19-20H,9-12,14H2/t19-,20+/m0/s1. The van der Waals surface area contributed by atoms with Crippen molar-refractivity contribution in [1.29, 1.82) is 0 Å². The molecule has 2 atom stereocenters. The van der Waals surface area contributed by atoms with Crippen molar-refractivity contribution in [1.82, 2.24) is 19.6 Å². The van der Waals surface area contributed by atoms with E-state index >= 15 is 4.39 Å². The van der Waals surface area contributed by atoms with Crippen LogP contribution in [0.4, 0.5) is 23.2 Å².